The van der Waals surface area contributed by atoms with Gasteiger partial charge in [-0.15, -0.1) is 0 Å². The van der Waals surface area contributed by atoms with Gasteiger partial charge in [0.05, 0.1) is 0 Å². The highest BCUT2D eigenvalue weighted by molar-refractivity contribution is 5.48. The summed E-state index contributed by atoms with van der Waals surface area (Å²) in [6.45, 7) is 2.56. The van der Waals surface area contributed by atoms with Gasteiger partial charge in [-0.25, -0.2) is 0 Å². The molecule has 2 heterocycles. The summed E-state index contributed by atoms with van der Waals surface area (Å²) in [5.41, 5.74) is 1.18. The molecule has 80 valence electrons. The third kappa shape index (κ3) is 2.53. The maximum Gasteiger partial charge on any atom is 0.210 e. The molecule has 0 spiro atoms. The topological polar surface area (TPSA) is 45.2 Å². The Hall–Kier alpha value is -1.42. The molecule has 0 aliphatic carbocycles. The molecule has 4 heteroatoms. The lowest BCUT2D eigenvalue weighted by Crippen LogP contribution is -2.51. The second-order valence-corrected chi connectivity index (χ2v) is 3.77. The van der Waals surface area contributed by atoms with E-state index >= 15 is 0 Å². The van der Waals surface area contributed by atoms with Gasteiger partial charge >= 0.3 is 0 Å². The summed E-state index contributed by atoms with van der Waals surface area (Å²) < 4.78 is 0. The molecule has 2 rings (SSSR count). The molecule has 4 nitrogen and oxygen atoms in total. The number of amides is 1. The minimum absolute atomic E-state index is 0.264. The lowest BCUT2D eigenvalue weighted by molar-refractivity contribution is -0.120. The first-order valence-electron chi connectivity index (χ1n) is 5.21. The second kappa shape index (κ2) is 4.89. The average Bonchev–Trinajstić information content (AvgIpc) is 2.31. The van der Waals surface area contributed by atoms with Crippen molar-refractivity contribution in [1.82, 2.24) is 15.2 Å². The van der Waals surface area contributed by atoms with Crippen LogP contribution in [0.2, 0.25) is 0 Å². The maximum absolute atomic E-state index is 10.8. The Kier molecular flexibility index (Phi) is 3.29. The van der Waals surface area contributed by atoms with E-state index in [1.54, 1.807) is 6.20 Å². The van der Waals surface area contributed by atoms with Gasteiger partial charge in [-0.2, -0.15) is 0 Å². The maximum atomic E-state index is 10.8. The van der Waals surface area contributed by atoms with Crippen LogP contribution >= 0.6 is 0 Å². The van der Waals surface area contributed by atoms with Crippen LogP contribution in [0.5, 0.6) is 0 Å². The highest BCUT2D eigenvalue weighted by Gasteiger charge is 2.20. The van der Waals surface area contributed by atoms with E-state index in [4.69, 9.17) is 0 Å². The molecule has 0 aromatic carbocycles. The monoisotopic (exact) mass is 205 g/mol. The largest absolute Gasteiger partial charge is 0.339 e. The molecule has 1 amide bonds. The van der Waals surface area contributed by atoms with Crippen LogP contribution in [0.3, 0.4) is 0 Å². The second-order valence-electron chi connectivity index (χ2n) is 3.77. The van der Waals surface area contributed by atoms with E-state index in [1.807, 2.05) is 23.2 Å². The molecule has 0 bridgehead atoms. The van der Waals surface area contributed by atoms with Crippen LogP contribution in [0.15, 0.2) is 24.5 Å². The summed E-state index contributed by atoms with van der Waals surface area (Å²) in [4.78, 5) is 16.8. The van der Waals surface area contributed by atoms with Crippen molar-refractivity contribution in [1.29, 1.82) is 0 Å². The van der Waals surface area contributed by atoms with Crippen molar-refractivity contribution in [2.75, 3.05) is 19.6 Å². The fourth-order valence-corrected chi connectivity index (χ4v) is 1.90. The van der Waals surface area contributed by atoms with Crippen LogP contribution in [-0.4, -0.2) is 42.0 Å². The first-order valence-corrected chi connectivity index (χ1v) is 5.21. The molecule has 1 unspecified atom stereocenters. The number of carbonyl (C=O) groups excluding carboxylic acids is 1. The Balaban J connectivity index is 2.00. The van der Waals surface area contributed by atoms with E-state index in [-0.39, 0.29) is 6.04 Å². The Morgan fingerprint density at radius 2 is 2.60 bits per heavy atom. The fourth-order valence-electron chi connectivity index (χ4n) is 1.90. The number of carbonyl (C=O) groups is 1. The van der Waals surface area contributed by atoms with Gasteiger partial charge in [-0.3, -0.25) is 9.78 Å². The molecule has 15 heavy (non-hydrogen) atoms. The van der Waals surface area contributed by atoms with Crippen LogP contribution in [0, 0.1) is 0 Å². The minimum atomic E-state index is 0.264. The molecule has 1 N–H and O–H groups in total. The Morgan fingerprint density at radius 3 is 3.33 bits per heavy atom. The smallest absolute Gasteiger partial charge is 0.210 e. The number of nitrogens with one attached hydrogen (secondary N) is 1. The predicted molar refractivity (Wildman–Crippen MR) is 57.4 cm³/mol. The molecule has 1 saturated heterocycles. The molecule has 1 fully saturated rings. The standard InChI is InChI=1S/C11H15N3O/c15-9-14-5-4-13-8-11(14)6-10-2-1-3-12-7-10/h1-3,7,9,11,13H,4-6,8H2. The number of nitrogens with zero attached hydrogens (tertiary/aromatic N) is 2. The molecule has 1 aliphatic heterocycles. The molecule has 0 saturated carbocycles. The summed E-state index contributed by atoms with van der Waals surface area (Å²) in [5.74, 6) is 0. The molecule has 1 aliphatic rings. The van der Waals surface area contributed by atoms with E-state index in [0.717, 1.165) is 32.5 Å². The van der Waals surface area contributed by atoms with Gasteiger partial charge in [0.1, 0.15) is 0 Å². The van der Waals surface area contributed by atoms with Gasteiger partial charge in [0.15, 0.2) is 0 Å². The Labute approximate surface area is 89.3 Å². The number of piperazine rings is 1. The van der Waals surface area contributed by atoms with Gasteiger partial charge in [0.25, 0.3) is 0 Å². The van der Waals surface area contributed by atoms with E-state index < -0.39 is 0 Å². The molecule has 0 radical (unpaired) electrons. The third-order valence-corrected chi connectivity index (χ3v) is 2.73. The van der Waals surface area contributed by atoms with Crippen molar-refractivity contribution in [2.45, 2.75) is 12.5 Å². The lowest BCUT2D eigenvalue weighted by atomic mass is 10.1. The van der Waals surface area contributed by atoms with E-state index in [2.05, 4.69) is 10.3 Å². The Morgan fingerprint density at radius 1 is 1.67 bits per heavy atom. The van der Waals surface area contributed by atoms with Gasteiger partial charge < -0.3 is 10.2 Å². The highest BCUT2D eigenvalue weighted by atomic mass is 16.1. The van der Waals surface area contributed by atoms with Crippen LogP contribution in [0.1, 0.15) is 5.56 Å². The molecule has 1 aromatic rings. The van der Waals surface area contributed by atoms with Gasteiger partial charge in [0.2, 0.25) is 6.41 Å². The molecule has 1 aromatic heterocycles. The quantitative estimate of drug-likeness (QED) is 0.709. The zero-order chi connectivity index (χ0) is 10.5. The van der Waals surface area contributed by atoms with Crippen molar-refractivity contribution < 1.29 is 4.79 Å². The number of rotatable bonds is 3. The molecular formula is C11H15N3O. The zero-order valence-corrected chi connectivity index (χ0v) is 8.60. The summed E-state index contributed by atoms with van der Waals surface area (Å²) in [7, 11) is 0. The normalized spacial score (nSPS) is 21.3. The van der Waals surface area contributed by atoms with Crippen LogP contribution < -0.4 is 5.32 Å². The van der Waals surface area contributed by atoms with E-state index in [0.29, 0.717) is 0 Å². The summed E-state index contributed by atoms with van der Waals surface area (Å²) in [6, 6.07) is 4.24. The van der Waals surface area contributed by atoms with Crippen LogP contribution in [0.4, 0.5) is 0 Å². The first kappa shape index (κ1) is 10.1. The van der Waals surface area contributed by atoms with Crippen LogP contribution in [-0.2, 0) is 11.2 Å². The Bertz CT molecular complexity index is 315. The van der Waals surface area contributed by atoms with Gasteiger partial charge in [0, 0.05) is 38.1 Å². The summed E-state index contributed by atoms with van der Waals surface area (Å²) in [5, 5.41) is 3.30. The third-order valence-electron chi connectivity index (χ3n) is 2.73. The first-order chi connectivity index (χ1) is 7.40. The summed E-state index contributed by atoms with van der Waals surface area (Å²) >= 11 is 0. The van der Waals surface area contributed by atoms with Crippen LogP contribution in [0.25, 0.3) is 0 Å². The van der Waals surface area contributed by atoms with Crippen molar-refractivity contribution in [3.05, 3.63) is 30.1 Å². The number of hydrogen-bond acceptors (Lipinski definition) is 3. The van der Waals surface area contributed by atoms with Gasteiger partial charge in [-0.1, -0.05) is 6.07 Å². The van der Waals surface area contributed by atoms with Crippen molar-refractivity contribution >= 4 is 6.41 Å². The number of hydrogen-bond donors (Lipinski definition) is 1. The van der Waals surface area contributed by atoms with E-state index in [1.165, 1.54) is 5.56 Å². The molecule has 1 atom stereocenters. The summed E-state index contributed by atoms with van der Waals surface area (Å²) in [6.07, 6.45) is 5.44. The predicted octanol–water partition coefficient (Wildman–Crippen LogP) is 0.0543. The SMILES string of the molecule is O=CN1CCNCC1Cc1cccnc1. The van der Waals surface area contributed by atoms with Gasteiger partial charge in [-0.05, 0) is 18.1 Å². The van der Waals surface area contributed by atoms with E-state index in [9.17, 15) is 4.79 Å². The minimum Gasteiger partial charge on any atom is -0.339 e. The lowest BCUT2D eigenvalue weighted by Gasteiger charge is -2.33. The number of pyridine rings is 1. The highest BCUT2D eigenvalue weighted by Crippen LogP contribution is 2.08. The van der Waals surface area contributed by atoms with Crippen molar-refractivity contribution in [2.24, 2.45) is 0 Å². The molecular weight excluding hydrogens is 190 g/mol. The van der Waals surface area contributed by atoms with Crippen molar-refractivity contribution in [3.8, 4) is 0 Å². The average molecular weight is 205 g/mol. The fraction of sp³-hybridized carbons (Fsp3) is 0.455. The van der Waals surface area contributed by atoms with Crippen molar-refractivity contribution in [3.63, 3.8) is 0 Å². The number of aromatic nitrogens is 1. The zero-order valence-electron chi connectivity index (χ0n) is 8.60.